The molecule has 0 amide bonds. The van der Waals surface area contributed by atoms with Crippen LogP contribution in [0.1, 0.15) is 5.56 Å². The Balaban J connectivity index is 1.85. The van der Waals surface area contributed by atoms with E-state index in [0.717, 1.165) is 17.7 Å². The molecule has 0 aliphatic carbocycles. The number of hydrogen-bond acceptors (Lipinski definition) is 3. The standard InChI is InChI=1S/C10H12N2O3S/c13-16(14,12-4-5-12)11-9-1-2-10-8(7-9)3-6-15-10/h1-2,7,11H,3-6H2. The molecule has 1 saturated heterocycles. The van der Waals surface area contributed by atoms with Gasteiger partial charge in [-0.2, -0.15) is 12.7 Å². The van der Waals surface area contributed by atoms with Crippen LogP contribution in [0.15, 0.2) is 18.2 Å². The van der Waals surface area contributed by atoms with E-state index in [1.54, 1.807) is 6.07 Å². The highest BCUT2D eigenvalue weighted by Crippen LogP contribution is 2.28. The molecule has 16 heavy (non-hydrogen) atoms. The van der Waals surface area contributed by atoms with Crippen molar-refractivity contribution in [1.82, 2.24) is 4.31 Å². The van der Waals surface area contributed by atoms with Gasteiger partial charge >= 0.3 is 10.2 Å². The molecule has 0 radical (unpaired) electrons. The van der Waals surface area contributed by atoms with Gasteiger partial charge in [0.05, 0.1) is 12.3 Å². The molecular weight excluding hydrogens is 228 g/mol. The second-order valence-corrected chi connectivity index (χ2v) is 5.60. The minimum atomic E-state index is -3.32. The van der Waals surface area contributed by atoms with Crippen LogP contribution in [-0.4, -0.2) is 32.4 Å². The molecule has 1 N–H and O–H groups in total. The van der Waals surface area contributed by atoms with Gasteiger partial charge in [-0.25, -0.2) is 0 Å². The normalized spacial score (nSPS) is 19.0. The van der Waals surface area contributed by atoms with E-state index in [2.05, 4.69) is 4.72 Å². The van der Waals surface area contributed by atoms with Gasteiger partial charge < -0.3 is 4.74 Å². The van der Waals surface area contributed by atoms with Gasteiger partial charge in [0.15, 0.2) is 0 Å². The Labute approximate surface area is 94.2 Å². The van der Waals surface area contributed by atoms with E-state index in [1.807, 2.05) is 12.1 Å². The first kappa shape index (κ1) is 9.92. The molecule has 1 fully saturated rings. The molecule has 2 aliphatic heterocycles. The van der Waals surface area contributed by atoms with Crippen molar-refractivity contribution in [2.75, 3.05) is 24.4 Å². The largest absolute Gasteiger partial charge is 0.493 e. The lowest BCUT2D eigenvalue weighted by Gasteiger charge is -2.08. The molecule has 0 unspecified atom stereocenters. The third-order valence-corrected chi connectivity index (χ3v) is 4.22. The van der Waals surface area contributed by atoms with Crippen molar-refractivity contribution in [3.8, 4) is 5.75 Å². The molecular formula is C10H12N2O3S. The number of rotatable bonds is 3. The number of benzene rings is 1. The van der Waals surface area contributed by atoms with E-state index < -0.39 is 10.2 Å². The van der Waals surface area contributed by atoms with Crippen LogP contribution in [0.4, 0.5) is 5.69 Å². The van der Waals surface area contributed by atoms with Crippen molar-refractivity contribution in [2.24, 2.45) is 0 Å². The van der Waals surface area contributed by atoms with E-state index in [-0.39, 0.29) is 0 Å². The minimum Gasteiger partial charge on any atom is -0.493 e. The smallest absolute Gasteiger partial charge is 0.301 e. The molecule has 5 nitrogen and oxygen atoms in total. The number of hydrogen-bond donors (Lipinski definition) is 1. The van der Waals surface area contributed by atoms with E-state index in [0.29, 0.717) is 25.4 Å². The van der Waals surface area contributed by atoms with Gasteiger partial charge in [-0.3, -0.25) is 4.72 Å². The van der Waals surface area contributed by atoms with Crippen LogP contribution in [0.25, 0.3) is 0 Å². The van der Waals surface area contributed by atoms with Crippen molar-refractivity contribution >= 4 is 15.9 Å². The Morgan fingerprint density at radius 3 is 2.88 bits per heavy atom. The second-order valence-electron chi connectivity index (χ2n) is 3.93. The Morgan fingerprint density at radius 2 is 2.12 bits per heavy atom. The Hall–Kier alpha value is -1.27. The molecule has 0 saturated carbocycles. The lowest BCUT2D eigenvalue weighted by molar-refractivity contribution is 0.357. The van der Waals surface area contributed by atoms with Crippen LogP contribution in [0.2, 0.25) is 0 Å². The number of ether oxygens (including phenoxy) is 1. The van der Waals surface area contributed by atoms with Gasteiger partial charge in [0.2, 0.25) is 0 Å². The van der Waals surface area contributed by atoms with Crippen LogP contribution in [0.5, 0.6) is 5.75 Å². The summed E-state index contributed by atoms with van der Waals surface area (Å²) in [6, 6.07) is 5.37. The molecule has 0 bridgehead atoms. The molecule has 0 aromatic heterocycles. The highest BCUT2D eigenvalue weighted by molar-refractivity contribution is 7.90. The van der Waals surface area contributed by atoms with Gasteiger partial charge in [0.25, 0.3) is 0 Å². The molecule has 0 spiro atoms. The summed E-state index contributed by atoms with van der Waals surface area (Å²) in [7, 11) is -3.32. The topological polar surface area (TPSA) is 58.4 Å². The fraction of sp³-hybridized carbons (Fsp3) is 0.400. The molecule has 2 heterocycles. The predicted molar refractivity (Wildman–Crippen MR) is 59.8 cm³/mol. The number of nitrogens with zero attached hydrogens (tertiary/aromatic N) is 1. The summed E-state index contributed by atoms with van der Waals surface area (Å²) in [5.74, 6) is 0.856. The Bertz CT molecular complexity index is 523. The maximum absolute atomic E-state index is 11.6. The molecule has 1 aromatic rings. The quantitative estimate of drug-likeness (QED) is 0.787. The van der Waals surface area contributed by atoms with Crippen molar-refractivity contribution in [3.05, 3.63) is 23.8 Å². The first-order valence-corrected chi connectivity index (χ1v) is 6.63. The summed E-state index contributed by atoms with van der Waals surface area (Å²) < 4.78 is 32.6. The fourth-order valence-electron chi connectivity index (χ4n) is 1.74. The van der Waals surface area contributed by atoms with E-state index >= 15 is 0 Å². The summed E-state index contributed by atoms with van der Waals surface area (Å²) in [6.45, 7) is 1.91. The van der Waals surface area contributed by atoms with E-state index in [9.17, 15) is 8.42 Å². The first-order valence-electron chi connectivity index (χ1n) is 5.19. The molecule has 86 valence electrons. The monoisotopic (exact) mass is 240 g/mol. The van der Waals surface area contributed by atoms with Crippen LogP contribution in [-0.2, 0) is 16.6 Å². The van der Waals surface area contributed by atoms with Crippen LogP contribution in [0, 0.1) is 0 Å². The van der Waals surface area contributed by atoms with Gasteiger partial charge in [-0.1, -0.05) is 0 Å². The summed E-state index contributed by atoms with van der Waals surface area (Å²) in [5.41, 5.74) is 1.67. The summed E-state index contributed by atoms with van der Waals surface area (Å²) in [5, 5.41) is 0. The van der Waals surface area contributed by atoms with Crippen molar-refractivity contribution < 1.29 is 13.2 Å². The average Bonchev–Trinajstić information content (AvgIpc) is 2.99. The van der Waals surface area contributed by atoms with Gasteiger partial charge in [0.1, 0.15) is 5.75 Å². The average molecular weight is 240 g/mol. The zero-order valence-corrected chi connectivity index (χ0v) is 9.46. The highest BCUT2D eigenvalue weighted by Gasteiger charge is 2.31. The van der Waals surface area contributed by atoms with E-state index in [1.165, 1.54) is 4.31 Å². The SMILES string of the molecule is O=S(=O)(Nc1ccc2c(c1)CCO2)N1CC1. The van der Waals surface area contributed by atoms with E-state index in [4.69, 9.17) is 4.74 Å². The molecule has 6 heteroatoms. The Morgan fingerprint density at radius 1 is 1.31 bits per heavy atom. The zero-order valence-electron chi connectivity index (χ0n) is 8.64. The third kappa shape index (κ3) is 1.74. The minimum absolute atomic E-state index is 0.608. The zero-order chi connectivity index (χ0) is 11.2. The van der Waals surface area contributed by atoms with Crippen molar-refractivity contribution in [1.29, 1.82) is 0 Å². The highest BCUT2D eigenvalue weighted by atomic mass is 32.2. The van der Waals surface area contributed by atoms with Crippen molar-refractivity contribution in [3.63, 3.8) is 0 Å². The third-order valence-electron chi connectivity index (χ3n) is 2.68. The van der Waals surface area contributed by atoms with Crippen LogP contribution in [0.3, 0.4) is 0 Å². The maximum atomic E-state index is 11.6. The van der Waals surface area contributed by atoms with Gasteiger partial charge in [-0.05, 0) is 23.8 Å². The summed E-state index contributed by atoms with van der Waals surface area (Å²) in [4.78, 5) is 0. The molecule has 2 aliphatic rings. The van der Waals surface area contributed by atoms with Crippen LogP contribution < -0.4 is 9.46 Å². The summed E-state index contributed by atoms with van der Waals surface area (Å²) in [6.07, 6.45) is 0.842. The summed E-state index contributed by atoms with van der Waals surface area (Å²) >= 11 is 0. The molecule has 1 aromatic carbocycles. The lowest BCUT2D eigenvalue weighted by atomic mass is 10.1. The van der Waals surface area contributed by atoms with Gasteiger partial charge in [0, 0.05) is 19.5 Å². The first-order chi connectivity index (χ1) is 7.65. The lowest BCUT2D eigenvalue weighted by Crippen LogP contribution is -2.20. The second kappa shape index (κ2) is 3.36. The van der Waals surface area contributed by atoms with Crippen LogP contribution >= 0.6 is 0 Å². The Kier molecular flexibility index (Phi) is 2.08. The van der Waals surface area contributed by atoms with Crippen molar-refractivity contribution in [2.45, 2.75) is 6.42 Å². The maximum Gasteiger partial charge on any atom is 0.301 e. The number of nitrogens with one attached hydrogen (secondary N) is 1. The number of anilines is 1. The van der Waals surface area contributed by atoms with Gasteiger partial charge in [-0.15, -0.1) is 0 Å². The molecule has 0 atom stereocenters. The molecule has 3 rings (SSSR count). The predicted octanol–water partition coefficient (Wildman–Crippen LogP) is 0.594. The number of fused-ring (bicyclic) bond motifs is 1. The fourth-order valence-corrected chi connectivity index (χ4v) is 2.86.